The van der Waals surface area contributed by atoms with Crippen molar-refractivity contribution in [3.8, 4) is 0 Å². The summed E-state index contributed by atoms with van der Waals surface area (Å²) in [6.07, 6.45) is 3.40. The maximum absolute atomic E-state index is 11.6. The van der Waals surface area contributed by atoms with Crippen LogP contribution in [0.15, 0.2) is 12.1 Å². The van der Waals surface area contributed by atoms with E-state index in [0.29, 0.717) is 22.2 Å². The molecule has 0 aromatic heterocycles. The van der Waals surface area contributed by atoms with Crippen LogP contribution in [0.2, 0.25) is 5.02 Å². The van der Waals surface area contributed by atoms with Crippen molar-refractivity contribution in [1.29, 1.82) is 0 Å². The van der Waals surface area contributed by atoms with E-state index < -0.39 is 5.91 Å². The molecule has 4 N–H and O–H groups in total. The lowest BCUT2D eigenvalue weighted by atomic mass is 10.0. The van der Waals surface area contributed by atoms with E-state index in [2.05, 4.69) is 11.8 Å². The van der Waals surface area contributed by atoms with E-state index in [1.165, 1.54) is 6.42 Å². The third-order valence-corrected chi connectivity index (χ3v) is 3.97. The van der Waals surface area contributed by atoms with Crippen molar-refractivity contribution in [2.75, 3.05) is 23.7 Å². The van der Waals surface area contributed by atoms with Crippen LogP contribution in [0.4, 0.5) is 11.4 Å². The van der Waals surface area contributed by atoms with Gasteiger partial charge in [-0.3, -0.25) is 4.79 Å². The number of hydrogen-bond donors (Lipinski definition) is 2. The van der Waals surface area contributed by atoms with Gasteiger partial charge in [0.15, 0.2) is 0 Å². The Bertz CT molecular complexity index is 490. The molecule has 1 unspecified atom stereocenters. The highest BCUT2D eigenvalue weighted by atomic mass is 35.5. The van der Waals surface area contributed by atoms with Gasteiger partial charge in [0.05, 0.1) is 16.3 Å². The minimum Gasteiger partial charge on any atom is -0.399 e. The van der Waals surface area contributed by atoms with Crippen LogP contribution in [0.25, 0.3) is 0 Å². The third kappa shape index (κ3) is 3.13. The smallest absolute Gasteiger partial charge is 0.250 e. The monoisotopic (exact) mass is 281 g/mol. The molecular weight excluding hydrogens is 262 g/mol. The number of halogens is 1. The molecule has 1 aromatic carbocycles. The average molecular weight is 282 g/mol. The van der Waals surface area contributed by atoms with Gasteiger partial charge < -0.3 is 16.4 Å². The van der Waals surface area contributed by atoms with E-state index in [1.807, 2.05) is 0 Å². The van der Waals surface area contributed by atoms with Crippen LogP contribution in [0, 0.1) is 5.92 Å². The number of anilines is 2. The van der Waals surface area contributed by atoms with E-state index in [-0.39, 0.29) is 0 Å². The lowest BCUT2D eigenvalue weighted by molar-refractivity contribution is 0.100. The summed E-state index contributed by atoms with van der Waals surface area (Å²) in [7, 11) is 0. The summed E-state index contributed by atoms with van der Waals surface area (Å²) in [6.45, 7) is 4.04. The molecule has 0 bridgehead atoms. The van der Waals surface area contributed by atoms with Gasteiger partial charge in [-0.15, -0.1) is 0 Å². The Balaban J connectivity index is 2.40. The van der Waals surface area contributed by atoms with Gasteiger partial charge in [-0.05, 0) is 37.3 Å². The fourth-order valence-corrected chi connectivity index (χ4v) is 2.96. The van der Waals surface area contributed by atoms with Crippen molar-refractivity contribution >= 4 is 28.9 Å². The van der Waals surface area contributed by atoms with Gasteiger partial charge in [-0.25, -0.2) is 0 Å². The SMILES string of the molecule is CC1CCCN(c2c(Cl)cc(N)cc2C(N)=O)CC1. The summed E-state index contributed by atoms with van der Waals surface area (Å²) >= 11 is 6.27. The predicted molar refractivity (Wildman–Crippen MR) is 79.6 cm³/mol. The number of amides is 1. The summed E-state index contributed by atoms with van der Waals surface area (Å²) < 4.78 is 0. The van der Waals surface area contributed by atoms with Crippen LogP contribution in [-0.4, -0.2) is 19.0 Å². The van der Waals surface area contributed by atoms with Crippen LogP contribution in [-0.2, 0) is 0 Å². The molecular formula is C14H20ClN3O. The van der Waals surface area contributed by atoms with E-state index in [1.54, 1.807) is 12.1 Å². The number of nitrogens with zero attached hydrogens (tertiary/aromatic N) is 1. The molecule has 0 spiro atoms. The van der Waals surface area contributed by atoms with Crippen LogP contribution >= 0.6 is 11.6 Å². The number of rotatable bonds is 2. The van der Waals surface area contributed by atoms with Gasteiger partial charge in [-0.1, -0.05) is 18.5 Å². The average Bonchev–Trinajstić information content (AvgIpc) is 2.53. The summed E-state index contributed by atoms with van der Waals surface area (Å²) in [5.41, 5.74) is 12.8. The predicted octanol–water partition coefficient (Wildman–Crippen LogP) is 2.65. The number of carbonyl (C=O) groups is 1. The number of nitrogen functional groups attached to an aromatic ring is 1. The van der Waals surface area contributed by atoms with Crippen molar-refractivity contribution in [2.45, 2.75) is 26.2 Å². The van der Waals surface area contributed by atoms with Gasteiger partial charge in [0.1, 0.15) is 0 Å². The first-order valence-electron chi connectivity index (χ1n) is 6.63. The maximum Gasteiger partial charge on any atom is 0.250 e. The zero-order chi connectivity index (χ0) is 14.0. The first kappa shape index (κ1) is 14.0. The van der Waals surface area contributed by atoms with Gasteiger partial charge in [0.2, 0.25) is 0 Å². The van der Waals surface area contributed by atoms with E-state index in [0.717, 1.165) is 31.6 Å². The molecule has 4 nitrogen and oxygen atoms in total. The topological polar surface area (TPSA) is 72.3 Å². The Kier molecular flexibility index (Phi) is 4.20. The molecule has 0 saturated carbocycles. The molecule has 5 heteroatoms. The molecule has 0 aliphatic carbocycles. The van der Waals surface area contributed by atoms with Crippen molar-refractivity contribution in [2.24, 2.45) is 11.7 Å². The Morgan fingerprint density at radius 3 is 2.79 bits per heavy atom. The number of benzene rings is 1. The molecule has 2 rings (SSSR count). The molecule has 19 heavy (non-hydrogen) atoms. The Morgan fingerprint density at radius 2 is 2.11 bits per heavy atom. The van der Waals surface area contributed by atoms with Crippen molar-refractivity contribution < 1.29 is 4.79 Å². The third-order valence-electron chi connectivity index (χ3n) is 3.68. The Morgan fingerprint density at radius 1 is 1.37 bits per heavy atom. The second kappa shape index (κ2) is 5.70. The second-order valence-corrected chi connectivity index (χ2v) is 5.69. The largest absolute Gasteiger partial charge is 0.399 e. The molecule has 1 heterocycles. The molecule has 1 atom stereocenters. The van der Waals surface area contributed by atoms with Gasteiger partial charge in [-0.2, -0.15) is 0 Å². The maximum atomic E-state index is 11.6. The summed E-state index contributed by atoms with van der Waals surface area (Å²) in [5, 5.41) is 0.503. The normalized spacial score (nSPS) is 20.1. The lowest BCUT2D eigenvalue weighted by Crippen LogP contribution is -2.28. The lowest BCUT2D eigenvalue weighted by Gasteiger charge is -2.26. The number of primary amides is 1. The fraction of sp³-hybridized carbons (Fsp3) is 0.500. The van der Waals surface area contributed by atoms with E-state index >= 15 is 0 Å². The van der Waals surface area contributed by atoms with Gasteiger partial charge >= 0.3 is 0 Å². The van der Waals surface area contributed by atoms with Gasteiger partial charge in [0.25, 0.3) is 5.91 Å². The highest BCUT2D eigenvalue weighted by molar-refractivity contribution is 6.34. The molecule has 1 saturated heterocycles. The summed E-state index contributed by atoms with van der Waals surface area (Å²) in [6, 6.07) is 3.29. The van der Waals surface area contributed by atoms with Crippen molar-refractivity contribution in [3.05, 3.63) is 22.7 Å². The highest BCUT2D eigenvalue weighted by Gasteiger charge is 2.21. The first-order valence-corrected chi connectivity index (χ1v) is 7.00. The minimum absolute atomic E-state index is 0.416. The molecule has 1 aliphatic heterocycles. The summed E-state index contributed by atoms with van der Waals surface area (Å²) in [5.74, 6) is 0.219. The molecule has 1 aliphatic rings. The van der Waals surface area contributed by atoms with Crippen LogP contribution in [0.1, 0.15) is 36.5 Å². The zero-order valence-electron chi connectivity index (χ0n) is 11.2. The molecule has 104 valence electrons. The first-order chi connectivity index (χ1) is 8.99. The highest BCUT2D eigenvalue weighted by Crippen LogP contribution is 2.34. The van der Waals surface area contributed by atoms with Crippen LogP contribution < -0.4 is 16.4 Å². The van der Waals surface area contributed by atoms with Crippen LogP contribution in [0.5, 0.6) is 0 Å². The molecule has 1 amide bonds. The van der Waals surface area contributed by atoms with Gasteiger partial charge in [0, 0.05) is 18.8 Å². The van der Waals surface area contributed by atoms with Crippen molar-refractivity contribution in [3.63, 3.8) is 0 Å². The molecule has 0 radical (unpaired) electrons. The number of carbonyl (C=O) groups excluding carboxylic acids is 1. The zero-order valence-corrected chi connectivity index (χ0v) is 11.9. The quantitative estimate of drug-likeness (QED) is 0.819. The standard InChI is InChI=1S/C14H20ClN3O/c1-9-3-2-5-18(6-4-9)13-11(14(17)19)7-10(16)8-12(13)15/h7-9H,2-6,16H2,1H3,(H2,17,19). The number of nitrogens with two attached hydrogens (primary N) is 2. The molecule has 1 fully saturated rings. The van der Waals surface area contributed by atoms with E-state index in [4.69, 9.17) is 23.1 Å². The Labute approximate surface area is 118 Å². The van der Waals surface area contributed by atoms with E-state index in [9.17, 15) is 4.79 Å². The van der Waals surface area contributed by atoms with Crippen molar-refractivity contribution in [1.82, 2.24) is 0 Å². The second-order valence-electron chi connectivity index (χ2n) is 5.29. The number of hydrogen-bond acceptors (Lipinski definition) is 3. The fourth-order valence-electron chi connectivity index (χ4n) is 2.62. The summed E-state index contributed by atoms with van der Waals surface area (Å²) in [4.78, 5) is 13.8. The van der Waals surface area contributed by atoms with Crippen LogP contribution in [0.3, 0.4) is 0 Å². The molecule has 1 aromatic rings. The minimum atomic E-state index is -0.485. The Hall–Kier alpha value is -1.42.